The molecule has 0 saturated carbocycles. The van der Waals surface area contributed by atoms with Crippen LogP contribution >= 0.6 is 50.5 Å². The molecule has 1 heterocycles. The number of nitrogens with zero attached hydrogens (tertiary/aromatic N) is 1. The van der Waals surface area contributed by atoms with Crippen LogP contribution in [0.5, 0.6) is 0 Å². The van der Waals surface area contributed by atoms with Crippen LogP contribution in [0.3, 0.4) is 0 Å². The summed E-state index contributed by atoms with van der Waals surface area (Å²) in [6.45, 7) is 3.68. The zero-order valence-corrected chi connectivity index (χ0v) is 16.1. The van der Waals surface area contributed by atoms with E-state index >= 15 is 0 Å². The number of anilines is 1. The molecule has 4 nitrogen and oxygen atoms in total. The highest BCUT2D eigenvalue weighted by Gasteiger charge is 2.27. The van der Waals surface area contributed by atoms with Crippen LogP contribution in [0.2, 0.25) is 10.0 Å². The minimum Gasteiger partial charge on any atom is -0.477 e. The summed E-state index contributed by atoms with van der Waals surface area (Å²) in [5, 5.41) is 9.81. The lowest BCUT2D eigenvalue weighted by atomic mass is 10.1. The minimum atomic E-state index is -1.04. The molecule has 0 radical (unpaired) electrons. The van der Waals surface area contributed by atoms with Crippen LogP contribution in [0.1, 0.15) is 33.9 Å². The Morgan fingerprint density at radius 3 is 2.39 bits per heavy atom. The van der Waals surface area contributed by atoms with Gasteiger partial charge >= 0.3 is 5.97 Å². The zero-order valence-electron chi connectivity index (χ0n) is 12.1. The van der Waals surface area contributed by atoms with Crippen LogP contribution in [-0.4, -0.2) is 23.0 Å². The fourth-order valence-corrected chi connectivity index (χ4v) is 4.07. The van der Waals surface area contributed by atoms with E-state index in [1.165, 1.54) is 17.0 Å². The Kier molecular flexibility index (Phi) is 5.73. The maximum absolute atomic E-state index is 12.9. The van der Waals surface area contributed by atoms with E-state index in [2.05, 4.69) is 15.9 Å². The lowest BCUT2D eigenvalue weighted by Crippen LogP contribution is -2.37. The molecule has 1 amide bonds. The number of carboxylic acid groups (broad SMARTS) is 1. The summed E-state index contributed by atoms with van der Waals surface area (Å²) in [5.74, 6) is -1.36. The number of carbonyl (C=O) groups excluding carboxylic acids is 1. The summed E-state index contributed by atoms with van der Waals surface area (Å²) in [5.41, 5.74) is 0.804. The lowest BCUT2D eigenvalue weighted by Gasteiger charge is -2.26. The van der Waals surface area contributed by atoms with Crippen LogP contribution < -0.4 is 4.90 Å². The molecule has 0 bridgehead atoms. The van der Waals surface area contributed by atoms with Gasteiger partial charge in [0.1, 0.15) is 4.88 Å². The molecule has 0 aliphatic heterocycles. The number of thiophene rings is 1. The number of benzene rings is 1. The second-order valence-corrected chi connectivity index (χ2v) is 8.18. The van der Waals surface area contributed by atoms with Gasteiger partial charge in [-0.25, -0.2) is 4.79 Å². The van der Waals surface area contributed by atoms with Gasteiger partial charge in [0, 0.05) is 11.1 Å². The summed E-state index contributed by atoms with van der Waals surface area (Å²) in [6, 6.07) is 5.92. The molecule has 0 saturated heterocycles. The molecular formula is C15H12BrCl2NO3S. The van der Waals surface area contributed by atoms with Crippen molar-refractivity contribution in [2.45, 2.75) is 19.9 Å². The number of aromatic carboxylic acids is 1. The number of hydrogen-bond donors (Lipinski definition) is 1. The molecule has 0 spiro atoms. The molecule has 0 aliphatic carbocycles. The third-order valence-corrected chi connectivity index (χ3v) is 5.38. The lowest BCUT2D eigenvalue weighted by molar-refractivity contribution is 0.0701. The largest absolute Gasteiger partial charge is 0.477 e. The number of carboxylic acids is 1. The van der Waals surface area contributed by atoms with E-state index in [0.29, 0.717) is 20.1 Å². The van der Waals surface area contributed by atoms with Gasteiger partial charge in [-0.2, -0.15) is 0 Å². The maximum Gasteiger partial charge on any atom is 0.345 e. The Hall–Kier alpha value is -1.08. The first-order valence-electron chi connectivity index (χ1n) is 6.53. The van der Waals surface area contributed by atoms with Gasteiger partial charge in [-0.05, 0) is 54.0 Å². The molecular weight excluding hydrogens is 425 g/mol. The minimum absolute atomic E-state index is 0.146. The van der Waals surface area contributed by atoms with Gasteiger partial charge in [0.25, 0.3) is 5.91 Å². The zero-order chi connectivity index (χ0) is 17.3. The van der Waals surface area contributed by atoms with E-state index in [0.717, 1.165) is 11.3 Å². The summed E-state index contributed by atoms with van der Waals surface area (Å²) in [4.78, 5) is 25.7. The first-order valence-corrected chi connectivity index (χ1v) is 8.90. The van der Waals surface area contributed by atoms with E-state index in [9.17, 15) is 9.59 Å². The van der Waals surface area contributed by atoms with E-state index in [1.54, 1.807) is 12.1 Å². The molecule has 122 valence electrons. The highest BCUT2D eigenvalue weighted by molar-refractivity contribution is 9.11. The second kappa shape index (κ2) is 7.21. The third kappa shape index (κ3) is 3.88. The molecule has 0 fully saturated rings. The highest BCUT2D eigenvalue weighted by Crippen LogP contribution is 2.37. The number of carbonyl (C=O) groups is 2. The Bertz CT molecular complexity index is 776. The Morgan fingerprint density at radius 1 is 1.26 bits per heavy atom. The maximum atomic E-state index is 12.9. The highest BCUT2D eigenvalue weighted by atomic mass is 79.9. The quantitative estimate of drug-likeness (QED) is 0.681. The molecule has 0 atom stereocenters. The predicted octanol–water partition coefficient (Wildman–Crippen LogP) is 5.57. The number of amides is 1. The summed E-state index contributed by atoms with van der Waals surface area (Å²) in [7, 11) is 0. The first kappa shape index (κ1) is 18.3. The normalized spacial score (nSPS) is 10.9. The third-order valence-electron chi connectivity index (χ3n) is 3.04. The average Bonchev–Trinajstić information content (AvgIpc) is 2.80. The number of hydrogen-bond acceptors (Lipinski definition) is 3. The van der Waals surface area contributed by atoms with Crippen LogP contribution in [0, 0.1) is 0 Å². The smallest absolute Gasteiger partial charge is 0.345 e. The van der Waals surface area contributed by atoms with Crippen molar-refractivity contribution >= 4 is 68.0 Å². The molecule has 0 aliphatic rings. The number of rotatable bonds is 4. The standard InChI is InChI=1S/C15H12BrCl2NO3S/c1-7(2)19(11-6-12(15(21)22)23-13(11)16)14(20)9-4-3-8(17)5-10(9)18/h3-7H,1-2H3,(H,21,22). The van der Waals surface area contributed by atoms with Crippen molar-refractivity contribution in [2.75, 3.05) is 4.90 Å². The summed E-state index contributed by atoms with van der Waals surface area (Å²) < 4.78 is 0.571. The molecule has 2 aromatic rings. The van der Waals surface area contributed by atoms with E-state index in [-0.39, 0.29) is 21.8 Å². The van der Waals surface area contributed by atoms with Crippen LogP contribution in [-0.2, 0) is 0 Å². The van der Waals surface area contributed by atoms with Crippen molar-refractivity contribution in [1.29, 1.82) is 0 Å². The average molecular weight is 437 g/mol. The van der Waals surface area contributed by atoms with E-state index < -0.39 is 5.97 Å². The van der Waals surface area contributed by atoms with Gasteiger partial charge in [-0.3, -0.25) is 4.79 Å². The van der Waals surface area contributed by atoms with Crippen molar-refractivity contribution in [3.63, 3.8) is 0 Å². The van der Waals surface area contributed by atoms with Crippen LogP contribution in [0.15, 0.2) is 28.1 Å². The Labute approximate surface area is 155 Å². The topological polar surface area (TPSA) is 57.6 Å². The SMILES string of the molecule is CC(C)N(C(=O)c1ccc(Cl)cc1Cl)c1cc(C(=O)O)sc1Br. The van der Waals surface area contributed by atoms with E-state index in [4.69, 9.17) is 28.3 Å². The van der Waals surface area contributed by atoms with Crippen molar-refractivity contribution in [1.82, 2.24) is 0 Å². The van der Waals surface area contributed by atoms with Gasteiger partial charge in [-0.1, -0.05) is 23.2 Å². The first-order chi connectivity index (χ1) is 10.7. The molecule has 2 rings (SSSR count). The molecule has 1 aromatic carbocycles. The molecule has 1 aromatic heterocycles. The van der Waals surface area contributed by atoms with Gasteiger partial charge in [0.15, 0.2) is 0 Å². The van der Waals surface area contributed by atoms with Crippen LogP contribution in [0.4, 0.5) is 5.69 Å². The second-order valence-electron chi connectivity index (χ2n) is 4.97. The summed E-state index contributed by atoms with van der Waals surface area (Å²) >= 11 is 16.4. The fraction of sp³-hybridized carbons (Fsp3) is 0.200. The van der Waals surface area contributed by atoms with Crippen molar-refractivity contribution in [3.05, 3.63) is 48.5 Å². The molecule has 1 N–H and O–H groups in total. The Morgan fingerprint density at radius 2 is 1.91 bits per heavy atom. The molecule has 0 unspecified atom stereocenters. The van der Waals surface area contributed by atoms with Gasteiger partial charge < -0.3 is 10.0 Å². The molecule has 8 heteroatoms. The van der Waals surface area contributed by atoms with Crippen LogP contribution in [0.25, 0.3) is 0 Å². The molecule has 23 heavy (non-hydrogen) atoms. The predicted molar refractivity (Wildman–Crippen MR) is 97.4 cm³/mol. The number of halogens is 3. The fourth-order valence-electron chi connectivity index (χ4n) is 2.04. The van der Waals surface area contributed by atoms with Crippen molar-refractivity contribution in [2.24, 2.45) is 0 Å². The van der Waals surface area contributed by atoms with Gasteiger partial charge in [-0.15, -0.1) is 11.3 Å². The summed E-state index contributed by atoms with van der Waals surface area (Å²) in [6.07, 6.45) is 0. The van der Waals surface area contributed by atoms with Crippen molar-refractivity contribution < 1.29 is 14.7 Å². The van der Waals surface area contributed by atoms with Crippen molar-refractivity contribution in [3.8, 4) is 0 Å². The van der Waals surface area contributed by atoms with E-state index in [1.807, 2.05) is 13.8 Å². The Balaban J connectivity index is 2.50. The van der Waals surface area contributed by atoms with Gasteiger partial charge in [0.05, 0.1) is 20.1 Å². The van der Waals surface area contributed by atoms with Gasteiger partial charge in [0.2, 0.25) is 0 Å². The monoisotopic (exact) mass is 435 g/mol.